The van der Waals surface area contributed by atoms with Crippen molar-refractivity contribution >= 4 is 37.2 Å². The zero-order valence-electron chi connectivity index (χ0n) is 35.1. The molecule has 60 heavy (non-hydrogen) atoms. The van der Waals surface area contributed by atoms with Crippen LogP contribution in [0.4, 0.5) is 0 Å². The molecule has 17 nitrogen and oxygen atoms in total. The third-order valence-corrected chi connectivity index (χ3v) is 15.2. The zero-order valence-corrected chi connectivity index (χ0v) is 43.5. The van der Waals surface area contributed by atoms with Gasteiger partial charge in [-0.05, 0) is 146 Å². The molecular weight excluding hydrogens is 878 g/mol. The van der Waals surface area contributed by atoms with Gasteiger partial charge in [0.05, 0.1) is 18.0 Å². The summed E-state index contributed by atoms with van der Waals surface area (Å²) >= 11 is 0. The molecule has 0 radical (unpaired) electrons. The van der Waals surface area contributed by atoms with E-state index in [0.29, 0.717) is 30.5 Å². The molecule has 4 saturated carbocycles. The summed E-state index contributed by atoms with van der Waals surface area (Å²) in [4.78, 5) is 20.3. The number of phenols is 1. The monoisotopic (exact) mass is 926 g/mol. The number of aromatic nitrogens is 2. The molecule has 23 heteroatoms. The number of hydrogen-bond acceptors (Lipinski definition) is 16. The Balaban J connectivity index is 0.00000320. The first kappa shape index (κ1) is 54.4. The Morgan fingerprint density at radius 2 is 1.42 bits per heavy atom. The van der Waals surface area contributed by atoms with Gasteiger partial charge in [0.1, 0.15) is 24.1 Å². The van der Waals surface area contributed by atoms with Crippen molar-refractivity contribution in [3.63, 3.8) is 0 Å². The molecule has 0 saturated heterocycles. The summed E-state index contributed by atoms with van der Waals surface area (Å²) < 4.78 is 127. The standard InChI is InChI=1S/C37H52N2O15S3.3Na/c1-20(2)30(51-35(41)34-38-19-29(39-34)22-7-9-23(40)10-8-22)13-6-21(3)25-11-12-26-24-16-31(52-55(42,43)44)28-17-32(53-56(45,46)47)33(54-57(48,49)50)18-37(28,5)27(24)14-15-36(25,26)4;;;/h7-10,19,21,24-28,30-33,40H,1,6,11-18H2,2-5H3,(H,38,39)(H,42,43,44)(H,45,46,47)(H,48,49,50);;;/q;3*+1/p-3/t21-,24+,25-,26+,27+,28-,30-,31+,32-,33+,36-,37-;;;/m1.../s1. The molecule has 2 aromatic rings. The Morgan fingerprint density at radius 1 is 0.850 bits per heavy atom. The summed E-state index contributed by atoms with van der Waals surface area (Å²) in [6.45, 7) is 12.0. The SMILES string of the molecule is C=C(C)[C@@H](CC[C@@H](C)[C@H]1CC[C@H]2[C@@H]3C[C@H](OS(=O)(=O)[O-])[C@H]4C[C@@H](OS(=O)(=O)[O-])[C@@H](OS(=O)(=O)[O-])C[C@]4(C)[C@H]3CC[C@]12C)OC(=O)c1ncc(-c2ccc(O)cc2)[nH]1.[Na+].[Na+].[Na+]. The predicted molar refractivity (Wildman–Crippen MR) is 198 cm³/mol. The van der Waals surface area contributed by atoms with E-state index in [1.165, 1.54) is 18.3 Å². The van der Waals surface area contributed by atoms with Gasteiger partial charge in [0.25, 0.3) is 0 Å². The smallest absolute Gasteiger partial charge is 0.726 e. The maximum absolute atomic E-state index is 13.2. The number of carbonyl (C=O) groups is 1. The van der Waals surface area contributed by atoms with Crippen LogP contribution in [0, 0.1) is 46.3 Å². The number of imidazole rings is 1. The summed E-state index contributed by atoms with van der Waals surface area (Å²) in [6, 6.07) is 6.43. The van der Waals surface area contributed by atoms with E-state index in [4.69, 9.17) is 13.1 Å². The zero-order chi connectivity index (χ0) is 41.9. The molecule has 4 aliphatic rings. The number of aromatic hydroxyl groups is 1. The third-order valence-electron chi connectivity index (χ3n) is 13.7. The van der Waals surface area contributed by atoms with Crippen LogP contribution in [0.5, 0.6) is 5.75 Å². The molecule has 4 fully saturated rings. The average Bonchev–Trinajstić information content (AvgIpc) is 3.71. The molecule has 318 valence electrons. The first-order valence-corrected chi connectivity index (χ1v) is 23.0. The second-order valence-corrected chi connectivity index (χ2v) is 20.0. The summed E-state index contributed by atoms with van der Waals surface area (Å²) in [6.07, 6.45) is -0.0462. The van der Waals surface area contributed by atoms with Crippen LogP contribution in [-0.4, -0.2) is 84.4 Å². The molecule has 1 aromatic carbocycles. The molecule has 0 bridgehead atoms. The van der Waals surface area contributed by atoms with Crippen molar-refractivity contribution in [3.8, 4) is 17.0 Å². The molecule has 0 unspecified atom stereocenters. The fourth-order valence-electron chi connectivity index (χ4n) is 11.4. The Hall–Kier alpha value is 0.0500. The molecule has 0 amide bonds. The van der Waals surface area contributed by atoms with Gasteiger partial charge < -0.3 is 28.5 Å². The van der Waals surface area contributed by atoms with Gasteiger partial charge in [-0.1, -0.05) is 27.4 Å². The van der Waals surface area contributed by atoms with Crippen LogP contribution < -0.4 is 88.7 Å². The molecule has 1 aromatic heterocycles. The van der Waals surface area contributed by atoms with Gasteiger partial charge in [0, 0.05) is 0 Å². The first-order chi connectivity index (χ1) is 26.4. The first-order valence-electron chi connectivity index (χ1n) is 19.0. The number of aromatic amines is 1. The Labute approximate surface area is 419 Å². The number of carbonyl (C=O) groups excluding carboxylic acids is 1. The minimum atomic E-state index is -5.41. The van der Waals surface area contributed by atoms with Gasteiger partial charge in [-0.15, -0.1) is 0 Å². The molecule has 2 N–H and O–H groups in total. The van der Waals surface area contributed by atoms with Crippen molar-refractivity contribution in [2.45, 2.75) is 110 Å². The van der Waals surface area contributed by atoms with Gasteiger partial charge in [-0.2, -0.15) is 0 Å². The van der Waals surface area contributed by atoms with Crippen LogP contribution >= 0.6 is 0 Å². The van der Waals surface area contributed by atoms with E-state index in [0.717, 1.165) is 24.8 Å². The maximum Gasteiger partial charge on any atom is 1.00 e. The molecule has 0 spiro atoms. The van der Waals surface area contributed by atoms with Crippen LogP contribution in [0.2, 0.25) is 0 Å². The van der Waals surface area contributed by atoms with Gasteiger partial charge in [0.15, 0.2) is 0 Å². The van der Waals surface area contributed by atoms with Crippen LogP contribution in [0.25, 0.3) is 11.3 Å². The van der Waals surface area contributed by atoms with E-state index in [1.54, 1.807) is 26.0 Å². The van der Waals surface area contributed by atoms with E-state index >= 15 is 0 Å². The molecule has 4 aliphatic carbocycles. The summed E-state index contributed by atoms with van der Waals surface area (Å²) in [5, 5.41) is 9.59. The van der Waals surface area contributed by atoms with Crippen LogP contribution in [0.1, 0.15) is 96.1 Å². The average molecular weight is 927 g/mol. The van der Waals surface area contributed by atoms with Crippen molar-refractivity contribution in [1.82, 2.24) is 9.97 Å². The summed E-state index contributed by atoms with van der Waals surface area (Å²) in [5.74, 6) is -1.32. The van der Waals surface area contributed by atoms with E-state index in [1.807, 2.05) is 0 Å². The maximum atomic E-state index is 13.2. The second kappa shape index (κ2) is 20.7. The number of nitrogens with zero attached hydrogens (tertiary/aromatic N) is 1. The molecule has 6 rings (SSSR count). The number of benzene rings is 1. The number of phenolic OH excluding ortho intramolecular Hbond substituents is 1. The van der Waals surface area contributed by atoms with E-state index in [9.17, 15) is 48.8 Å². The molecule has 0 aliphatic heterocycles. The van der Waals surface area contributed by atoms with Crippen LogP contribution in [0.15, 0.2) is 42.6 Å². The predicted octanol–water partition coefficient (Wildman–Crippen LogP) is -4.27. The topological polar surface area (TPSA) is 274 Å². The van der Waals surface area contributed by atoms with Gasteiger partial charge in [-0.25, -0.2) is 35.0 Å². The summed E-state index contributed by atoms with van der Waals surface area (Å²) in [7, 11) is -16.1. The van der Waals surface area contributed by atoms with E-state index in [-0.39, 0.29) is 148 Å². The number of fused-ring (bicyclic) bond motifs is 5. The second-order valence-electron chi connectivity index (χ2n) is 17.0. The van der Waals surface area contributed by atoms with Crippen LogP contribution in [-0.2, 0) is 48.5 Å². The Kier molecular flexibility index (Phi) is 18.8. The Morgan fingerprint density at radius 3 is 2.00 bits per heavy atom. The number of esters is 1. The number of ether oxygens (including phenoxy) is 1. The number of rotatable bonds is 14. The number of hydrogen-bond donors (Lipinski definition) is 2. The molecule has 12 atom stereocenters. The number of H-pyrrole nitrogens is 1. The van der Waals surface area contributed by atoms with Crippen molar-refractivity contribution in [2.24, 2.45) is 46.3 Å². The summed E-state index contributed by atoms with van der Waals surface area (Å²) in [5.41, 5.74) is 0.746. The van der Waals surface area contributed by atoms with Crippen molar-refractivity contribution in [3.05, 3.63) is 48.4 Å². The minimum absolute atomic E-state index is 0. The Bertz CT molecular complexity index is 2180. The van der Waals surface area contributed by atoms with Crippen molar-refractivity contribution in [1.29, 1.82) is 0 Å². The van der Waals surface area contributed by atoms with Crippen LogP contribution in [0.3, 0.4) is 0 Å². The minimum Gasteiger partial charge on any atom is -0.726 e. The molecule has 1 heterocycles. The quantitative estimate of drug-likeness (QED) is 0.0597. The van der Waals surface area contributed by atoms with E-state index < -0.39 is 79.3 Å². The fourth-order valence-corrected chi connectivity index (χ4v) is 12.9. The van der Waals surface area contributed by atoms with Gasteiger partial charge >= 0.3 is 94.6 Å². The van der Waals surface area contributed by atoms with Crippen molar-refractivity contribution < 1.29 is 155 Å². The largest absolute Gasteiger partial charge is 1.00 e. The fraction of sp³-hybridized carbons (Fsp3) is 0.676. The normalized spacial score (nSPS) is 32.3. The van der Waals surface area contributed by atoms with Crippen molar-refractivity contribution in [2.75, 3.05) is 0 Å². The van der Waals surface area contributed by atoms with E-state index in [2.05, 4.69) is 34.6 Å². The third kappa shape index (κ3) is 12.5. The molecular formula is C37H49N2Na3O15S3. The van der Waals surface area contributed by atoms with Gasteiger partial charge in [0.2, 0.25) is 37.0 Å². The van der Waals surface area contributed by atoms with Gasteiger partial charge in [-0.3, -0.25) is 12.5 Å². The number of nitrogens with one attached hydrogen (secondary N) is 1.